The van der Waals surface area contributed by atoms with Crippen molar-refractivity contribution >= 4 is 21.9 Å². The lowest BCUT2D eigenvalue weighted by Crippen LogP contribution is -2.34. The molecular weight excluding hydrogens is 425 g/mol. The largest absolute Gasteiger partial charge is 0.465 e. The van der Waals surface area contributed by atoms with Crippen LogP contribution in [0.4, 0.5) is 13.2 Å². The van der Waals surface area contributed by atoms with Crippen molar-refractivity contribution < 1.29 is 27.4 Å². The van der Waals surface area contributed by atoms with Crippen LogP contribution in [-0.2, 0) is 14.3 Å². The molecule has 152 valence electrons. The Morgan fingerprint density at radius 1 is 1.26 bits per heavy atom. The van der Waals surface area contributed by atoms with Crippen LogP contribution in [0.15, 0.2) is 18.2 Å². The van der Waals surface area contributed by atoms with E-state index in [2.05, 4.69) is 15.9 Å². The molecule has 1 saturated carbocycles. The summed E-state index contributed by atoms with van der Waals surface area (Å²) in [7, 11) is 0. The lowest BCUT2D eigenvalue weighted by Gasteiger charge is -2.33. The maximum atomic E-state index is 12.7. The summed E-state index contributed by atoms with van der Waals surface area (Å²) in [5.41, 5.74) is 3.05. The normalized spacial score (nSPS) is 22.9. The Morgan fingerprint density at radius 3 is 2.44 bits per heavy atom. The monoisotopic (exact) mass is 450 g/mol. The summed E-state index contributed by atoms with van der Waals surface area (Å²) >= 11 is 3.45. The highest BCUT2D eigenvalue weighted by Gasteiger charge is 2.39. The Morgan fingerprint density at radius 2 is 1.89 bits per heavy atom. The predicted octanol–water partition coefficient (Wildman–Crippen LogP) is 5.99. The Kier molecular flexibility index (Phi) is 7.74. The standard InChI is InChI=1S/C20H26BrF3O3/c1-4-26-19(25)18(21)16-7-5-6-12(2)17(16)14-8-10-15(11-9-14)27-13(3)20(22,23)24/h5-7,13-15,18H,4,8-11H2,1-3H3. The molecule has 0 spiro atoms. The van der Waals surface area contributed by atoms with Gasteiger partial charge in [0.15, 0.2) is 6.10 Å². The van der Waals surface area contributed by atoms with Gasteiger partial charge < -0.3 is 9.47 Å². The molecule has 27 heavy (non-hydrogen) atoms. The number of hydrogen-bond donors (Lipinski definition) is 0. The minimum atomic E-state index is -4.33. The summed E-state index contributed by atoms with van der Waals surface area (Å²) < 4.78 is 48.4. The molecule has 1 aromatic rings. The molecule has 0 amide bonds. The second kappa shape index (κ2) is 9.41. The molecule has 0 heterocycles. The number of rotatable bonds is 6. The Balaban J connectivity index is 2.11. The molecule has 2 unspecified atom stereocenters. The van der Waals surface area contributed by atoms with E-state index in [1.807, 2.05) is 25.1 Å². The molecule has 0 aromatic heterocycles. The lowest BCUT2D eigenvalue weighted by molar-refractivity contribution is -0.229. The number of esters is 1. The second-order valence-corrected chi connectivity index (χ2v) is 7.90. The van der Waals surface area contributed by atoms with E-state index in [1.165, 1.54) is 0 Å². The highest BCUT2D eigenvalue weighted by Crippen LogP contribution is 2.41. The van der Waals surface area contributed by atoms with Crippen molar-refractivity contribution in [1.29, 1.82) is 0 Å². The number of aryl methyl sites for hydroxylation is 1. The molecule has 2 rings (SSSR count). The van der Waals surface area contributed by atoms with Gasteiger partial charge in [-0.1, -0.05) is 34.1 Å². The van der Waals surface area contributed by atoms with Crippen molar-refractivity contribution in [3.05, 3.63) is 34.9 Å². The smallest absolute Gasteiger partial charge is 0.414 e. The third-order valence-corrected chi connectivity index (χ3v) is 5.93. The van der Waals surface area contributed by atoms with Crippen LogP contribution in [0.3, 0.4) is 0 Å². The zero-order valence-electron chi connectivity index (χ0n) is 15.8. The van der Waals surface area contributed by atoms with Gasteiger partial charge in [0.2, 0.25) is 0 Å². The SMILES string of the molecule is CCOC(=O)C(Br)c1cccc(C)c1C1CCC(OC(C)C(F)(F)F)CC1. The van der Waals surface area contributed by atoms with E-state index in [0.717, 1.165) is 36.5 Å². The highest BCUT2D eigenvalue weighted by atomic mass is 79.9. The van der Waals surface area contributed by atoms with E-state index in [1.54, 1.807) is 6.92 Å². The summed E-state index contributed by atoms with van der Waals surface area (Å²) in [5, 5.41) is 0. The first-order chi connectivity index (χ1) is 12.6. The third-order valence-electron chi connectivity index (χ3n) is 5.06. The van der Waals surface area contributed by atoms with Crippen molar-refractivity contribution in [2.45, 2.75) is 75.6 Å². The highest BCUT2D eigenvalue weighted by molar-refractivity contribution is 9.09. The van der Waals surface area contributed by atoms with E-state index in [9.17, 15) is 18.0 Å². The average Bonchev–Trinajstić information content (AvgIpc) is 2.61. The van der Waals surface area contributed by atoms with Gasteiger partial charge in [0.1, 0.15) is 4.83 Å². The zero-order chi connectivity index (χ0) is 20.2. The van der Waals surface area contributed by atoms with Crippen LogP contribution in [0.1, 0.15) is 67.0 Å². The molecule has 0 bridgehead atoms. The van der Waals surface area contributed by atoms with Gasteiger partial charge in [-0.2, -0.15) is 13.2 Å². The van der Waals surface area contributed by atoms with Crippen LogP contribution in [0.2, 0.25) is 0 Å². The maximum absolute atomic E-state index is 12.7. The van der Waals surface area contributed by atoms with Gasteiger partial charge in [0, 0.05) is 0 Å². The topological polar surface area (TPSA) is 35.5 Å². The minimum Gasteiger partial charge on any atom is -0.465 e. The number of halogens is 4. The summed E-state index contributed by atoms with van der Waals surface area (Å²) in [5.74, 6) is -0.142. The van der Waals surface area contributed by atoms with Crippen LogP contribution in [0.5, 0.6) is 0 Å². The summed E-state index contributed by atoms with van der Waals surface area (Å²) in [6, 6.07) is 5.81. The van der Waals surface area contributed by atoms with E-state index in [0.29, 0.717) is 19.4 Å². The van der Waals surface area contributed by atoms with Gasteiger partial charge in [0.05, 0.1) is 12.7 Å². The fourth-order valence-electron chi connectivity index (χ4n) is 3.68. The van der Waals surface area contributed by atoms with Crippen molar-refractivity contribution in [1.82, 2.24) is 0 Å². The Labute approximate surface area is 166 Å². The zero-order valence-corrected chi connectivity index (χ0v) is 17.4. The molecule has 3 nitrogen and oxygen atoms in total. The molecule has 0 radical (unpaired) electrons. The van der Waals surface area contributed by atoms with E-state index in [-0.39, 0.29) is 18.0 Å². The van der Waals surface area contributed by atoms with Crippen molar-refractivity contribution in [3.63, 3.8) is 0 Å². The molecule has 2 atom stereocenters. The number of ether oxygens (including phenoxy) is 2. The predicted molar refractivity (Wildman–Crippen MR) is 101 cm³/mol. The van der Waals surface area contributed by atoms with Gasteiger partial charge in [-0.15, -0.1) is 0 Å². The van der Waals surface area contributed by atoms with Gasteiger partial charge >= 0.3 is 12.1 Å². The fourth-order valence-corrected chi connectivity index (χ4v) is 4.21. The number of hydrogen-bond acceptors (Lipinski definition) is 3. The molecule has 1 aliphatic rings. The molecule has 1 aliphatic carbocycles. The maximum Gasteiger partial charge on any atom is 0.414 e. The van der Waals surface area contributed by atoms with Crippen molar-refractivity contribution in [3.8, 4) is 0 Å². The molecule has 0 aliphatic heterocycles. The first kappa shape index (κ1) is 22.2. The first-order valence-electron chi connectivity index (χ1n) is 9.27. The average molecular weight is 451 g/mol. The molecule has 1 aromatic carbocycles. The van der Waals surface area contributed by atoms with Crippen molar-refractivity contribution in [2.75, 3.05) is 6.61 Å². The van der Waals surface area contributed by atoms with Gasteiger partial charge in [-0.05, 0) is 69.1 Å². The fraction of sp³-hybridized carbons (Fsp3) is 0.650. The number of alkyl halides is 4. The molecule has 0 N–H and O–H groups in total. The molecule has 1 fully saturated rings. The van der Waals surface area contributed by atoms with Crippen LogP contribution >= 0.6 is 15.9 Å². The van der Waals surface area contributed by atoms with E-state index < -0.39 is 17.1 Å². The van der Waals surface area contributed by atoms with Gasteiger partial charge in [-0.3, -0.25) is 4.79 Å². The number of carbonyl (C=O) groups is 1. The lowest BCUT2D eigenvalue weighted by atomic mass is 9.78. The van der Waals surface area contributed by atoms with E-state index >= 15 is 0 Å². The Bertz CT molecular complexity index is 640. The van der Waals surface area contributed by atoms with Crippen molar-refractivity contribution in [2.24, 2.45) is 0 Å². The molecular formula is C20H26BrF3O3. The summed E-state index contributed by atoms with van der Waals surface area (Å²) in [6.45, 7) is 5.12. The molecule has 7 heteroatoms. The van der Waals surface area contributed by atoms with Gasteiger partial charge in [-0.25, -0.2) is 0 Å². The third kappa shape index (κ3) is 5.70. The number of carbonyl (C=O) groups excluding carboxylic acids is 1. The summed E-state index contributed by atoms with van der Waals surface area (Å²) in [4.78, 5) is 11.6. The van der Waals surface area contributed by atoms with Crippen LogP contribution in [0, 0.1) is 6.92 Å². The van der Waals surface area contributed by atoms with E-state index in [4.69, 9.17) is 9.47 Å². The number of benzene rings is 1. The minimum absolute atomic E-state index is 0.191. The quantitative estimate of drug-likeness (QED) is 0.394. The second-order valence-electron chi connectivity index (χ2n) is 6.99. The van der Waals surface area contributed by atoms with Gasteiger partial charge in [0.25, 0.3) is 0 Å². The molecule has 0 saturated heterocycles. The van der Waals surface area contributed by atoms with Crippen LogP contribution < -0.4 is 0 Å². The van der Waals surface area contributed by atoms with Crippen LogP contribution in [-0.4, -0.2) is 31.0 Å². The summed E-state index contributed by atoms with van der Waals surface area (Å²) in [6.07, 6.45) is -3.84. The Hall–Kier alpha value is -1.08. The first-order valence-corrected chi connectivity index (χ1v) is 10.2. The van der Waals surface area contributed by atoms with Crippen LogP contribution in [0.25, 0.3) is 0 Å².